The lowest BCUT2D eigenvalue weighted by Crippen LogP contribution is -2.52. The van der Waals surface area contributed by atoms with Crippen LogP contribution in [0.1, 0.15) is 51.0 Å². The number of hydrogen-bond acceptors (Lipinski definition) is 4. The topological polar surface area (TPSA) is 84.6 Å². The van der Waals surface area contributed by atoms with Crippen LogP contribution in [0.25, 0.3) is 0 Å². The number of amides is 1. The van der Waals surface area contributed by atoms with Gasteiger partial charge in [0.05, 0.1) is 16.0 Å². The van der Waals surface area contributed by atoms with E-state index in [0.717, 1.165) is 42.6 Å². The van der Waals surface area contributed by atoms with Crippen LogP contribution in [0.2, 0.25) is 0 Å². The molecule has 4 aliphatic carbocycles. The lowest BCUT2D eigenvalue weighted by atomic mass is 9.49. The van der Waals surface area contributed by atoms with Gasteiger partial charge in [0.2, 0.25) is 5.91 Å². The molecule has 1 aromatic rings. The summed E-state index contributed by atoms with van der Waals surface area (Å²) in [7, 11) is 0. The average Bonchev–Trinajstić information content (AvgIpc) is 2.58. The van der Waals surface area contributed by atoms with E-state index in [2.05, 4.69) is 10.5 Å². The van der Waals surface area contributed by atoms with Crippen LogP contribution in [0.4, 0.5) is 5.69 Å². The number of rotatable bonds is 4. The van der Waals surface area contributed by atoms with Crippen molar-refractivity contribution >= 4 is 17.3 Å². The summed E-state index contributed by atoms with van der Waals surface area (Å²) < 4.78 is 0. The summed E-state index contributed by atoms with van der Waals surface area (Å²) in [5, 5.41) is 15.0. The van der Waals surface area contributed by atoms with E-state index in [1.165, 1.54) is 31.4 Å². The van der Waals surface area contributed by atoms with Crippen LogP contribution in [-0.2, 0) is 4.79 Å². The smallest absolute Gasteiger partial charge is 0.269 e. The molecule has 4 aliphatic rings. The van der Waals surface area contributed by atoms with Crippen molar-refractivity contribution in [1.29, 1.82) is 0 Å². The van der Waals surface area contributed by atoms with Gasteiger partial charge in [-0.15, -0.1) is 0 Å². The van der Waals surface area contributed by atoms with Gasteiger partial charge in [-0.3, -0.25) is 14.9 Å². The summed E-state index contributed by atoms with van der Waals surface area (Å²) in [4.78, 5) is 23.2. The second-order valence-electron chi connectivity index (χ2n) is 8.14. The van der Waals surface area contributed by atoms with Gasteiger partial charge in [-0.2, -0.15) is 5.10 Å². The van der Waals surface area contributed by atoms with Crippen molar-refractivity contribution < 1.29 is 9.72 Å². The van der Waals surface area contributed by atoms with E-state index in [-0.39, 0.29) is 17.0 Å². The van der Waals surface area contributed by atoms with Crippen molar-refractivity contribution in [2.24, 2.45) is 28.3 Å². The van der Waals surface area contributed by atoms with Crippen molar-refractivity contribution in [2.45, 2.75) is 45.4 Å². The molecule has 0 radical (unpaired) electrons. The first-order valence-electron chi connectivity index (χ1n) is 9.05. The summed E-state index contributed by atoms with van der Waals surface area (Å²) in [6.45, 7) is 1.81. The Labute approximate surface area is 146 Å². The molecule has 0 atom stereocenters. The Morgan fingerprint density at radius 3 is 2.12 bits per heavy atom. The molecule has 0 spiro atoms. The summed E-state index contributed by atoms with van der Waals surface area (Å²) in [6.07, 6.45) is 6.94. The van der Waals surface area contributed by atoms with Gasteiger partial charge in [0, 0.05) is 12.1 Å². The quantitative estimate of drug-likeness (QED) is 0.515. The molecule has 25 heavy (non-hydrogen) atoms. The molecule has 4 saturated carbocycles. The van der Waals surface area contributed by atoms with Crippen molar-refractivity contribution in [3.8, 4) is 0 Å². The molecule has 4 fully saturated rings. The summed E-state index contributed by atoms with van der Waals surface area (Å²) in [6, 6.07) is 6.23. The lowest BCUT2D eigenvalue weighted by Gasteiger charge is -2.55. The lowest BCUT2D eigenvalue weighted by molar-refractivity contribution is -0.384. The normalized spacial score (nSPS) is 33.3. The molecule has 5 rings (SSSR count). The van der Waals surface area contributed by atoms with E-state index in [4.69, 9.17) is 0 Å². The maximum atomic E-state index is 12.9. The number of carbonyl (C=O) groups excluding carboxylic acids is 1. The van der Waals surface area contributed by atoms with Crippen LogP contribution < -0.4 is 5.43 Å². The monoisotopic (exact) mass is 341 g/mol. The highest BCUT2D eigenvalue weighted by Gasteiger charge is 2.54. The zero-order valence-corrected chi connectivity index (χ0v) is 14.4. The van der Waals surface area contributed by atoms with Crippen LogP contribution in [0.15, 0.2) is 29.4 Å². The molecule has 4 bridgehead atoms. The fourth-order valence-electron chi connectivity index (χ4n) is 5.53. The Kier molecular flexibility index (Phi) is 3.85. The number of nitrogens with one attached hydrogen (secondary N) is 1. The molecular weight excluding hydrogens is 318 g/mol. The summed E-state index contributed by atoms with van der Waals surface area (Å²) >= 11 is 0. The molecule has 0 unspecified atom stereocenters. The minimum absolute atomic E-state index is 0.0501. The maximum absolute atomic E-state index is 12.9. The molecule has 6 nitrogen and oxygen atoms in total. The van der Waals surface area contributed by atoms with Crippen LogP contribution >= 0.6 is 0 Å². The number of benzene rings is 1. The van der Waals surface area contributed by atoms with Crippen LogP contribution in [0.5, 0.6) is 0 Å². The Morgan fingerprint density at radius 1 is 1.12 bits per heavy atom. The number of hydrazone groups is 1. The fraction of sp³-hybridized carbons (Fsp3) is 0.579. The number of nitrogens with zero attached hydrogens (tertiary/aromatic N) is 2. The highest BCUT2D eigenvalue weighted by Crippen LogP contribution is 2.60. The zero-order chi connectivity index (χ0) is 17.6. The second kappa shape index (κ2) is 5.93. The van der Waals surface area contributed by atoms with Gasteiger partial charge in [-0.25, -0.2) is 5.43 Å². The first-order valence-corrected chi connectivity index (χ1v) is 9.05. The molecule has 0 saturated heterocycles. The summed E-state index contributed by atoms with van der Waals surface area (Å²) in [5.74, 6) is 2.22. The van der Waals surface area contributed by atoms with Gasteiger partial charge < -0.3 is 0 Å². The van der Waals surface area contributed by atoms with E-state index in [1.807, 2.05) is 0 Å². The first-order chi connectivity index (χ1) is 11.9. The predicted molar refractivity (Wildman–Crippen MR) is 94.1 cm³/mol. The van der Waals surface area contributed by atoms with Gasteiger partial charge in [0.15, 0.2) is 0 Å². The van der Waals surface area contributed by atoms with Gasteiger partial charge in [-0.1, -0.05) is 0 Å². The van der Waals surface area contributed by atoms with E-state index in [0.29, 0.717) is 5.71 Å². The number of hydrogen-bond donors (Lipinski definition) is 1. The molecule has 0 aromatic heterocycles. The molecule has 1 N–H and O–H groups in total. The Morgan fingerprint density at radius 2 is 1.64 bits per heavy atom. The van der Waals surface area contributed by atoms with Crippen LogP contribution in [0, 0.1) is 33.3 Å². The van der Waals surface area contributed by atoms with Crippen molar-refractivity contribution in [2.75, 3.05) is 0 Å². The van der Waals surface area contributed by atoms with Gasteiger partial charge in [0.1, 0.15) is 0 Å². The zero-order valence-electron chi connectivity index (χ0n) is 14.4. The Balaban J connectivity index is 1.46. The van der Waals surface area contributed by atoms with E-state index in [9.17, 15) is 14.9 Å². The minimum Gasteiger partial charge on any atom is -0.273 e. The third-order valence-corrected chi connectivity index (χ3v) is 6.34. The van der Waals surface area contributed by atoms with Crippen molar-refractivity contribution in [1.82, 2.24) is 5.43 Å². The standard InChI is InChI=1S/C19H23N3O3/c1-12(16-2-4-17(5-3-16)22(24)25)20-21-18(23)19-9-13-6-14(10-19)8-15(7-13)11-19/h2-5,13-15H,6-11H2,1H3,(H,21,23). The average molecular weight is 341 g/mol. The number of carbonyl (C=O) groups is 1. The first kappa shape index (κ1) is 16.2. The molecule has 1 aromatic carbocycles. The number of nitro groups is 1. The van der Waals surface area contributed by atoms with Crippen LogP contribution in [-0.4, -0.2) is 16.5 Å². The van der Waals surface area contributed by atoms with Crippen molar-refractivity contribution in [3.05, 3.63) is 39.9 Å². The molecule has 0 aliphatic heterocycles. The predicted octanol–water partition coefficient (Wildman–Crippen LogP) is 3.65. The Bertz CT molecular complexity index is 704. The minimum atomic E-state index is -0.426. The van der Waals surface area contributed by atoms with Gasteiger partial charge >= 0.3 is 0 Å². The number of nitro benzene ring substituents is 1. The largest absolute Gasteiger partial charge is 0.273 e. The van der Waals surface area contributed by atoms with Gasteiger partial charge in [-0.05, 0) is 80.9 Å². The van der Waals surface area contributed by atoms with Gasteiger partial charge in [0.25, 0.3) is 5.69 Å². The third-order valence-electron chi connectivity index (χ3n) is 6.34. The summed E-state index contributed by atoms with van der Waals surface area (Å²) in [5.41, 5.74) is 4.06. The highest BCUT2D eigenvalue weighted by atomic mass is 16.6. The maximum Gasteiger partial charge on any atom is 0.269 e. The number of non-ortho nitro benzene ring substituents is 1. The molecule has 1 amide bonds. The van der Waals surface area contributed by atoms with E-state index >= 15 is 0 Å². The third kappa shape index (κ3) is 2.94. The molecule has 0 heterocycles. The molecule has 6 heteroatoms. The van der Waals surface area contributed by atoms with E-state index in [1.54, 1.807) is 19.1 Å². The molecular formula is C19H23N3O3. The van der Waals surface area contributed by atoms with Crippen molar-refractivity contribution in [3.63, 3.8) is 0 Å². The Hall–Kier alpha value is -2.24. The second-order valence-corrected chi connectivity index (χ2v) is 8.14. The fourth-order valence-corrected chi connectivity index (χ4v) is 5.53. The molecule has 132 valence electrons. The highest BCUT2D eigenvalue weighted by molar-refractivity contribution is 5.99. The SMILES string of the molecule is CC(=NNC(=O)C12CC3CC(CC(C3)C1)C2)c1ccc([N+](=O)[O-])cc1. The van der Waals surface area contributed by atoms with E-state index < -0.39 is 4.92 Å². The van der Waals surface area contributed by atoms with Crippen LogP contribution in [0.3, 0.4) is 0 Å².